The minimum Gasteiger partial charge on any atom is -0.336 e. The molecule has 166 valence electrons. The molecule has 0 aliphatic carbocycles. The molecule has 0 bridgehead atoms. The van der Waals surface area contributed by atoms with E-state index in [0.717, 1.165) is 11.1 Å². The minimum atomic E-state index is -0.328. The summed E-state index contributed by atoms with van der Waals surface area (Å²) >= 11 is 0. The third-order valence-corrected chi connectivity index (χ3v) is 5.96. The summed E-state index contributed by atoms with van der Waals surface area (Å²) in [6.45, 7) is 1.39. The van der Waals surface area contributed by atoms with Crippen LogP contribution in [0.15, 0.2) is 60.7 Å². The first-order chi connectivity index (χ1) is 16.0. The molecule has 2 aliphatic rings. The Morgan fingerprint density at radius 1 is 0.909 bits per heavy atom. The van der Waals surface area contributed by atoms with E-state index in [-0.39, 0.29) is 36.7 Å². The molecule has 3 aromatic carbocycles. The average Bonchev–Trinajstić information content (AvgIpc) is 3.26. The van der Waals surface area contributed by atoms with Gasteiger partial charge in [0.05, 0.1) is 0 Å². The van der Waals surface area contributed by atoms with Gasteiger partial charge in [0.2, 0.25) is 5.91 Å². The van der Waals surface area contributed by atoms with Gasteiger partial charge in [-0.25, -0.2) is 4.79 Å². The lowest BCUT2D eigenvalue weighted by Gasteiger charge is -2.27. The summed E-state index contributed by atoms with van der Waals surface area (Å²) in [6.07, 6.45) is 0.521. The number of imide groups is 1. The summed E-state index contributed by atoms with van der Waals surface area (Å²) < 4.78 is 0. The largest absolute Gasteiger partial charge is 0.336 e. The van der Waals surface area contributed by atoms with Crippen LogP contribution in [-0.2, 0) is 4.79 Å². The molecule has 2 N–H and O–H groups in total. The molecule has 1 saturated heterocycles. The van der Waals surface area contributed by atoms with Crippen LogP contribution >= 0.6 is 0 Å². The van der Waals surface area contributed by atoms with Crippen molar-refractivity contribution in [3.8, 4) is 0 Å². The number of anilines is 2. The van der Waals surface area contributed by atoms with Gasteiger partial charge in [-0.3, -0.25) is 24.2 Å². The molecular formula is C25H22N4O4. The molecule has 0 unspecified atom stereocenters. The maximum absolute atomic E-state index is 12.9. The van der Waals surface area contributed by atoms with Crippen molar-refractivity contribution in [2.75, 3.05) is 29.9 Å². The number of nitrogens with zero attached hydrogens (tertiary/aromatic N) is 2. The fraction of sp³-hybridized carbons (Fsp3) is 0.200. The van der Waals surface area contributed by atoms with Gasteiger partial charge >= 0.3 is 6.03 Å². The quantitative estimate of drug-likeness (QED) is 0.572. The van der Waals surface area contributed by atoms with Gasteiger partial charge in [0, 0.05) is 53.9 Å². The number of carbonyl (C=O) groups excluding carboxylic acids is 4. The van der Waals surface area contributed by atoms with Crippen molar-refractivity contribution in [3.63, 3.8) is 0 Å². The Morgan fingerprint density at radius 2 is 1.58 bits per heavy atom. The molecule has 3 aromatic rings. The first-order valence-corrected chi connectivity index (χ1v) is 10.9. The van der Waals surface area contributed by atoms with E-state index < -0.39 is 0 Å². The molecule has 8 heteroatoms. The van der Waals surface area contributed by atoms with Crippen molar-refractivity contribution < 1.29 is 19.2 Å². The van der Waals surface area contributed by atoms with E-state index in [1.165, 1.54) is 4.90 Å². The lowest BCUT2D eigenvalue weighted by atomic mass is 9.94. The second-order valence-electron chi connectivity index (χ2n) is 8.05. The molecule has 0 radical (unpaired) electrons. The summed E-state index contributed by atoms with van der Waals surface area (Å²) in [7, 11) is 0. The van der Waals surface area contributed by atoms with E-state index in [1.54, 1.807) is 41.3 Å². The number of benzene rings is 3. The van der Waals surface area contributed by atoms with Crippen LogP contribution < -0.4 is 15.5 Å². The number of rotatable bonds is 6. The Bertz CT molecular complexity index is 1230. The second-order valence-corrected chi connectivity index (χ2v) is 8.05. The molecule has 8 nitrogen and oxygen atoms in total. The number of urea groups is 1. The zero-order valence-corrected chi connectivity index (χ0v) is 17.8. The van der Waals surface area contributed by atoms with E-state index in [0.29, 0.717) is 41.7 Å². The van der Waals surface area contributed by atoms with E-state index >= 15 is 0 Å². The highest BCUT2D eigenvalue weighted by Crippen LogP contribution is 2.30. The van der Waals surface area contributed by atoms with Crippen LogP contribution in [0.4, 0.5) is 16.2 Å². The highest BCUT2D eigenvalue weighted by molar-refractivity contribution is 6.25. The van der Waals surface area contributed by atoms with E-state index in [1.807, 2.05) is 24.3 Å². The Kier molecular flexibility index (Phi) is 5.26. The van der Waals surface area contributed by atoms with Crippen molar-refractivity contribution >= 4 is 45.9 Å². The van der Waals surface area contributed by atoms with Crippen LogP contribution in [-0.4, -0.2) is 48.3 Å². The molecule has 0 saturated carbocycles. The smallest absolute Gasteiger partial charge is 0.321 e. The fourth-order valence-electron chi connectivity index (χ4n) is 4.35. The van der Waals surface area contributed by atoms with Crippen molar-refractivity contribution in [3.05, 3.63) is 71.8 Å². The van der Waals surface area contributed by atoms with Crippen molar-refractivity contribution in [2.45, 2.75) is 12.8 Å². The molecule has 0 aromatic heterocycles. The van der Waals surface area contributed by atoms with Crippen molar-refractivity contribution in [1.29, 1.82) is 0 Å². The predicted octanol–water partition coefficient (Wildman–Crippen LogP) is 3.38. The zero-order valence-electron chi connectivity index (χ0n) is 17.8. The number of carbonyl (C=O) groups is 4. The van der Waals surface area contributed by atoms with E-state index in [4.69, 9.17) is 0 Å². The van der Waals surface area contributed by atoms with E-state index in [9.17, 15) is 19.2 Å². The topological polar surface area (TPSA) is 98.8 Å². The SMILES string of the molecule is O=C(CCCN1C(=O)c2cccc3cccc(c23)C1=O)Nc1ccc(N2CCNC2=O)cc1. The summed E-state index contributed by atoms with van der Waals surface area (Å²) in [6, 6.07) is 17.8. The Morgan fingerprint density at radius 3 is 2.18 bits per heavy atom. The molecule has 2 heterocycles. The van der Waals surface area contributed by atoms with Crippen LogP contribution in [0.25, 0.3) is 10.8 Å². The Balaban J connectivity index is 1.19. The lowest BCUT2D eigenvalue weighted by molar-refractivity contribution is -0.116. The van der Waals surface area contributed by atoms with Crippen LogP contribution in [0.5, 0.6) is 0 Å². The molecule has 0 atom stereocenters. The standard InChI is InChI=1S/C25H22N4O4/c30-21(27-17-9-11-18(12-10-17)28-15-13-26-25(28)33)8-3-14-29-23(31)19-6-1-4-16-5-2-7-20(22(16)19)24(29)32/h1-2,4-7,9-12H,3,8,13-15H2,(H,26,33)(H,27,30). The zero-order chi connectivity index (χ0) is 22.9. The fourth-order valence-corrected chi connectivity index (χ4v) is 4.35. The molecule has 2 aliphatic heterocycles. The number of nitrogens with one attached hydrogen (secondary N) is 2. The molecule has 33 heavy (non-hydrogen) atoms. The minimum absolute atomic E-state index is 0.132. The van der Waals surface area contributed by atoms with Gasteiger partial charge in [0.25, 0.3) is 11.8 Å². The molecular weight excluding hydrogens is 420 g/mol. The second kappa shape index (κ2) is 8.38. The highest BCUT2D eigenvalue weighted by atomic mass is 16.2. The van der Waals surface area contributed by atoms with Crippen molar-refractivity contribution in [2.24, 2.45) is 0 Å². The van der Waals surface area contributed by atoms with Crippen LogP contribution in [0, 0.1) is 0 Å². The average molecular weight is 442 g/mol. The third kappa shape index (κ3) is 3.80. The van der Waals surface area contributed by atoms with Gasteiger partial charge in [-0.05, 0) is 48.2 Å². The van der Waals surface area contributed by atoms with Gasteiger partial charge in [-0.1, -0.05) is 24.3 Å². The van der Waals surface area contributed by atoms with Crippen LogP contribution in [0.1, 0.15) is 33.6 Å². The summed E-state index contributed by atoms with van der Waals surface area (Å²) in [4.78, 5) is 52.8. The lowest BCUT2D eigenvalue weighted by Crippen LogP contribution is -2.41. The maximum Gasteiger partial charge on any atom is 0.321 e. The summed E-state index contributed by atoms with van der Waals surface area (Å²) in [5.74, 6) is -0.862. The molecule has 5 amide bonds. The molecule has 1 fully saturated rings. The molecule has 0 spiro atoms. The third-order valence-electron chi connectivity index (χ3n) is 5.96. The van der Waals surface area contributed by atoms with Gasteiger partial charge in [-0.2, -0.15) is 0 Å². The van der Waals surface area contributed by atoms with Gasteiger partial charge in [0.1, 0.15) is 0 Å². The summed E-state index contributed by atoms with van der Waals surface area (Å²) in [5.41, 5.74) is 2.41. The maximum atomic E-state index is 12.9. The predicted molar refractivity (Wildman–Crippen MR) is 124 cm³/mol. The van der Waals surface area contributed by atoms with Gasteiger partial charge in [-0.15, -0.1) is 0 Å². The number of amides is 5. The number of hydrogen-bond acceptors (Lipinski definition) is 4. The van der Waals surface area contributed by atoms with Crippen molar-refractivity contribution in [1.82, 2.24) is 10.2 Å². The van der Waals surface area contributed by atoms with Crippen LogP contribution in [0.3, 0.4) is 0 Å². The van der Waals surface area contributed by atoms with Gasteiger partial charge in [0.15, 0.2) is 0 Å². The highest BCUT2D eigenvalue weighted by Gasteiger charge is 2.32. The monoisotopic (exact) mass is 442 g/mol. The van der Waals surface area contributed by atoms with Gasteiger partial charge < -0.3 is 10.6 Å². The first-order valence-electron chi connectivity index (χ1n) is 10.9. The first kappa shape index (κ1) is 20.7. The van der Waals surface area contributed by atoms with Crippen LogP contribution in [0.2, 0.25) is 0 Å². The Labute approximate surface area is 190 Å². The summed E-state index contributed by atoms with van der Waals surface area (Å²) in [5, 5.41) is 7.12. The normalized spacial score (nSPS) is 15.2. The number of hydrogen-bond donors (Lipinski definition) is 2. The Hall–Kier alpha value is -4.20. The molecule has 5 rings (SSSR count). The van der Waals surface area contributed by atoms with E-state index in [2.05, 4.69) is 10.6 Å².